The molecule has 0 bridgehead atoms. The van der Waals surface area contributed by atoms with Crippen LogP contribution in [0, 0.1) is 16.0 Å². The first-order valence-corrected chi connectivity index (χ1v) is 7.68. The minimum Gasteiger partial charge on any atom is -0.399 e. The van der Waals surface area contributed by atoms with Crippen molar-refractivity contribution in [2.45, 2.75) is 25.7 Å². The second kappa shape index (κ2) is 6.19. The molecule has 112 valence electrons. The highest BCUT2D eigenvalue weighted by Crippen LogP contribution is 2.28. The Morgan fingerprint density at radius 2 is 2.00 bits per heavy atom. The van der Waals surface area contributed by atoms with E-state index in [-0.39, 0.29) is 23.0 Å². The summed E-state index contributed by atoms with van der Waals surface area (Å²) in [5.41, 5.74) is 5.15. The van der Waals surface area contributed by atoms with E-state index in [0.717, 1.165) is 6.07 Å². The zero-order valence-corrected chi connectivity index (χ0v) is 12.6. The third kappa shape index (κ3) is 3.45. The summed E-state index contributed by atoms with van der Waals surface area (Å²) < 4.78 is 26.3. The summed E-state index contributed by atoms with van der Waals surface area (Å²) in [6, 6.07) is 3.60. The van der Waals surface area contributed by atoms with Gasteiger partial charge in [0.1, 0.15) is 0 Å². The lowest BCUT2D eigenvalue weighted by Crippen LogP contribution is -2.34. The van der Waals surface area contributed by atoms with Gasteiger partial charge in [-0.2, -0.15) is 4.31 Å². The largest absolute Gasteiger partial charge is 0.399 e. The number of hydrogen-bond acceptors (Lipinski definition) is 5. The third-order valence-corrected chi connectivity index (χ3v) is 4.71. The Labute approximate surface area is 118 Å². The highest BCUT2D eigenvalue weighted by molar-refractivity contribution is 7.89. The van der Waals surface area contributed by atoms with Crippen LogP contribution in [0.15, 0.2) is 23.1 Å². The lowest BCUT2D eigenvalue weighted by molar-refractivity contribution is -0.387. The Morgan fingerprint density at radius 3 is 2.45 bits per heavy atom. The molecule has 20 heavy (non-hydrogen) atoms. The molecule has 1 aromatic rings. The monoisotopic (exact) mass is 301 g/mol. The van der Waals surface area contributed by atoms with Crippen LogP contribution in [0.3, 0.4) is 0 Å². The maximum absolute atomic E-state index is 12.5. The maximum atomic E-state index is 12.5. The summed E-state index contributed by atoms with van der Waals surface area (Å²) in [4.78, 5) is 9.97. The number of hydrogen-bond donors (Lipinski definition) is 1. The number of sulfonamides is 1. The highest BCUT2D eigenvalue weighted by atomic mass is 32.2. The van der Waals surface area contributed by atoms with Gasteiger partial charge in [0.15, 0.2) is 4.90 Å². The topological polar surface area (TPSA) is 107 Å². The quantitative estimate of drug-likeness (QED) is 0.490. The predicted octanol–water partition coefficient (Wildman–Crippen LogP) is 1.84. The first kappa shape index (κ1) is 16.4. The molecule has 0 heterocycles. The van der Waals surface area contributed by atoms with Gasteiger partial charge in [0.2, 0.25) is 10.0 Å². The fraction of sp³-hybridized carbons (Fsp3) is 0.500. The van der Waals surface area contributed by atoms with Gasteiger partial charge < -0.3 is 5.73 Å². The minimum absolute atomic E-state index is 0.123. The van der Waals surface area contributed by atoms with Gasteiger partial charge in [-0.15, -0.1) is 0 Å². The summed E-state index contributed by atoms with van der Waals surface area (Å²) in [5, 5.41) is 11.0. The fourth-order valence-corrected chi connectivity index (χ4v) is 3.59. The third-order valence-electron chi connectivity index (χ3n) is 2.72. The van der Waals surface area contributed by atoms with Crippen molar-refractivity contribution in [1.29, 1.82) is 0 Å². The van der Waals surface area contributed by atoms with Crippen LogP contribution >= 0.6 is 0 Å². The smallest absolute Gasteiger partial charge is 0.291 e. The van der Waals surface area contributed by atoms with Crippen molar-refractivity contribution >= 4 is 21.4 Å². The normalized spacial score (nSPS) is 12.1. The molecular formula is C12H19N3O4S. The molecule has 0 fully saturated rings. The van der Waals surface area contributed by atoms with E-state index in [1.807, 2.05) is 13.8 Å². The average molecular weight is 301 g/mol. The van der Waals surface area contributed by atoms with E-state index < -0.39 is 20.6 Å². The molecule has 2 N–H and O–H groups in total. The van der Waals surface area contributed by atoms with Crippen LogP contribution in [0.1, 0.15) is 20.8 Å². The molecule has 0 unspecified atom stereocenters. The van der Waals surface area contributed by atoms with Crippen LogP contribution < -0.4 is 5.73 Å². The molecule has 0 amide bonds. The number of nitro groups is 1. The first-order valence-electron chi connectivity index (χ1n) is 6.24. The van der Waals surface area contributed by atoms with Gasteiger partial charge in [-0.05, 0) is 18.1 Å². The number of nitrogen functional groups attached to an aromatic ring is 1. The number of benzene rings is 1. The van der Waals surface area contributed by atoms with Gasteiger partial charge in [0.25, 0.3) is 5.69 Å². The Bertz CT molecular complexity index is 599. The van der Waals surface area contributed by atoms with Gasteiger partial charge in [-0.3, -0.25) is 10.1 Å². The molecule has 0 saturated heterocycles. The van der Waals surface area contributed by atoms with Crippen molar-refractivity contribution in [3.63, 3.8) is 0 Å². The molecule has 0 aliphatic carbocycles. The highest BCUT2D eigenvalue weighted by Gasteiger charge is 2.31. The Balaban J connectivity index is 3.37. The lowest BCUT2D eigenvalue weighted by Gasteiger charge is -2.22. The Morgan fingerprint density at radius 1 is 1.40 bits per heavy atom. The number of rotatable bonds is 6. The standard InChI is InChI=1S/C12H19N3O4S/c1-4-14(8-9(2)3)20(18,19)12-6-5-10(13)7-11(12)15(16)17/h5-7,9H,4,8,13H2,1-3H3. The average Bonchev–Trinajstić information content (AvgIpc) is 2.34. The molecule has 0 aliphatic heterocycles. The lowest BCUT2D eigenvalue weighted by atomic mass is 10.2. The molecule has 0 aliphatic rings. The fourth-order valence-electron chi connectivity index (χ4n) is 1.84. The molecule has 0 aromatic heterocycles. The van der Waals surface area contributed by atoms with Crippen molar-refractivity contribution in [3.8, 4) is 0 Å². The van der Waals surface area contributed by atoms with Gasteiger partial charge >= 0.3 is 0 Å². The number of nitrogens with zero attached hydrogens (tertiary/aromatic N) is 2. The van der Waals surface area contributed by atoms with Crippen molar-refractivity contribution in [2.75, 3.05) is 18.8 Å². The Kier molecular flexibility index (Phi) is 5.07. The molecule has 1 rings (SSSR count). The zero-order chi connectivity index (χ0) is 15.5. The minimum atomic E-state index is -3.90. The zero-order valence-electron chi connectivity index (χ0n) is 11.7. The molecule has 0 saturated carbocycles. The molecule has 7 nitrogen and oxygen atoms in total. The Hall–Kier alpha value is -1.67. The second-order valence-corrected chi connectivity index (χ2v) is 6.74. The van der Waals surface area contributed by atoms with E-state index in [0.29, 0.717) is 6.54 Å². The van der Waals surface area contributed by atoms with Crippen LogP contribution in [-0.2, 0) is 10.0 Å². The van der Waals surface area contributed by atoms with Gasteiger partial charge in [0.05, 0.1) is 4.92 Å². The van der Waals surface area contributed by atoms with Crippen LogP contribution in [0.2, 0.25) is 0 Å². The summed E-state index contributed by atoms with van der Waals surface area (Å²) >= 11 is 0. The first-order chi connectivity index (χ1) is 9.20. The van der Waals surface area contributed by atoms with Crippen molar-refractivity contribution < 1.29 is 13.3 Å². The summed E-state index contributed by atoms with van der Waals surface area (Å²) in [5.74, 6) is 0.123. The molecule has 0 spiro atoms. The second-order valence-electron chi connectivity index (χ2n) is 4.83. The predicted molar refractivity (Wildman–Crippen MR) is 76.8 cm³/mol. The number of nitrogens with two attached hydrogens (primary N) is 1. The molecule has 0 atom stereocenters. The van der Waals surface area contributed by atoms with Crippen LogP contribution in [0.25, 0.3) is 0 Å². The van der Waals surface area contributed by atoms with Crippen molar-refractivity contribution in [2.24, 2.45) is 5.92 Å². The van der Waals surface area contributed by atoms with E-state index >= 15 is 0 Å². The van der Waals surface area contributed by atoms with Crippen LogP contribution in [0.5, 0.6) is 0 Å². The summed E-state index contributed by atoms with van der Waals surface area (Å²) in [7, 11) is -3.90. The molecular weight excluding hydrogens is 282 g/mol. The maximum Gasteiger partial charge on any atom is 0.291 e. The molecule has 8 heteroatoms. The number of nitro benzene ring substituents is 1. The van der Waals surface area contributed by atoms with Crippen molar-refractivity contribution in [3.05, 3.63) is 28.3 Å². The SMILES string of the molecule is CCN(CC(C)C)S(=O)(=O)c1ccc(N)cc1[N+](=O)[O-]. The van der Waals surface area contributed by atoms with E-state index in [9.17, 15) is 18.5 Å². The van der Waals surface area contributed by atoms with Gasteiger partial charge in [0, 0.05) is 24.8 Å². The molecule has 1 aromatic carbocycles. The number of anilines is 1. The summed E-state index contributed by atoms with van der Waals surface area (Å²) in [6.45, 7) is 6.02. The van der Waals surface area contributed by atoms with Gasteiger partial charge in [-0.1, -0.05) is 20.8 Å². The van der Waals surface area contributed by atoms with E-state index in [1.165, 1.54) is 16.4 Å². The van der Waals surface area contributed by atoms with E-state index in [2.05, 4.69) is 0 Å². The van der Waals surface area contributed by atoms with E-state index in [4.69, 9.17) is 5.73 Å². The molecule has 0 radical (unpaired) electrons. The van der Waals surface area contributed by atoms with Gasteiger partial charge in [-0.25, -0.2) is 8.42 Å². The van der Waals surface area contributed by atoms with Crippen LogP contribution in [-0.4, -0.2) is 30.7 Å². The summed E-state index contributed by atoms with van der Waals surface area (Å²) in [6.07, 6.45) is 0. The van der Waals surface area contributed by atoms with Crippen molar-refractivity contribution in [1.82, 2.24) is 4.31 Å². The van der Waals surface area contributed by atoms with E-state index in [1.54, 1.807) is 6.92 Å². The van der Waals surface area contributed by atoms with Crippen LogP contribution in [0.4, 0.5) is 11.4 Å².